The lowest BCUT2D eigenvalue weighted by molar-refractivity contribution is -0.132. The third kappa shape index (κ3) is 4.43. The average molecular weight is 541 g/mol. The first kappa shape index (κ1) is 24.5. The Morgan fingerprint density at radius 2 is 1.69 bits per heavy atom. The number of halogens is 1. The van der Waals surface area contributed by atoms with Crippen molar-refractivity contribution in [3.05, 3.63) is 75.5 Å². The van der Waals surface area contributed by atoms with Gasteiger partial charge in [-0.15, -0.1) is 0 Å². The molecule has 1 aromatic heterocycles. The second-order valence-corrected chi connectivity index (χ2v) is 10.0. The van der Waals surface area contributed by atoms with E-state index in [1.54, 1.807) is 48.5 Å². The van der Waals surface area contributed by atoms with E-state index in [-0.39, 0.29) is 22.6 Å². The third-order valence-corrected chi connectivity index (χ3v) is 6.30. The highest BCUT2D eigenvalue weighted by atomic mass is 79.9. The van der Waals surface area contributed by atoms with Gasteiger partial charge in [0.15, 0.2) is 17.3 Å². The lowest BCUT2D eigenvalue weighted by Gasteiger charge is -2.23. The summed E-state index contributed by atoms with van der Waals surface area (Å²) in [5, 5.41) is 15.3. The number of nitrogens with zero attached hydrogens (tertiary/aromatic N) is 2. The van der Waals surface area contributed by atoms with E-state index in [1.165, 1.54) is 19.1 Å². The van der Waals surface area contributed by atoms with Crippen molar-refractivity contribution in [3.63, 3.8) is 0 Å². The zero-order chi connectivity index (χ0) is 25.5. The highest BCUT2D eigenvalue weighted by Crippen LogP contribution is 2.44. The van der Waals surface area contributed by atoms with Crippen molar-refractivity contribution in [2.45, 2.75) is 32.2 Å². The summed E-state index contributed by atoms with van der Waals surface area (Å²) >= 11 is 3.36. The number of hydrogen-bond donors (Lipinski definition) is 1. The topological polar surface area (TPSA) is 102 Å². The van der Waals surface area contributed by atoms with Gasteiger partial charge in [0.1, 0.15) is 11.5 Å². The molecule has 2 heterocycles. The Hall–Kier alpha value is -3.59. The number of aromatic nitrogens is 1. The molecule has 1 atom stereocenters. The number of aliphatic hydroxyl groups excluding tert-OH is 1. The Morgan fingerprint density at radius 1 is 1.03 bits per heavy atom. The Kier molecular flexibility index (Phi) is 6.46. The fourth-order valence-electron chi connectivity index (χ4n) is 3.90. The van der Waals surface area contributed by atoms with Crippen LogP contribution in [0, 0.1) is 0 Å². The van der Waals surface area contributed by atoms with Gasteiger partial charge >= 0.3 is 5.91 Å². The summed E-state index contributed by atoms with van der Waals surface area (Å²) in [4.78, 5) is 27.9. The Labute approximate surface area is 211 Å². The molecule has 1 N–H and O–H groups in total. The first-order chi connectivity index (χ1) is 16.6. The fourth-order valence-corrected chi connectivity index (χ4v) is 4.17. The number of carbonyl (C=O) groups is 2. The van der Waals surface area contributed by atoms with E-state index in [2.05, 4.69) is 21.1 Å². The van der Waals surface area contributed by atoms with Crippen molar-refractivity contribution < 1.29 is 28.7 Å². The second kappa shape index (κ2) is 9.22. The van der Waals surface area contributed by atoms with Gasteiger partial charge in [0.05, 0.1) is 25.8 Å². The van der Waals surface area contributed by atoms with Crippen LogP contribution in [0.2, 0.25) is 0 Å². The van der Waals surface area contributed by atoms with Crippen LogP contribution < -0.4 is 14.4 Å². The van der Waals surface area contributed by atoms with Crippen molar-refractivity contribution in [2.75, 3.05) is 19.1 Å². The molecule has 0 saturated carbocycles. The Bertz CT molecular complexity index is 1320. The van der Waals surface area contributed by atoms with Gasteiger partial charge in [-0.1, -0.05) is 60.1 Å². The van der Waals surface area contributed by atoms with Crippen LogP contribution in [0.4, 0.5) is 5.82 Å². The molecule has 8 nitrogen and oxygen atoms in total. The smallest absolute Gasteiger partial charge is 0.301 e. The molecule has 1 fully saturated rings. The molecule has 1 unspecified atom stereocenters. The number of benzene rings is 2. The minimum absolute atomic E-state index is 0.0650. The molecule has 1 aliphatic rings. The van der Waals surface area contributed by atoms with Crippen LogP contribution in [0.5, 0.6) is 11.5 Å². The van der Waals surface area contributed by atoms with Crippen molar-refractivity contribution in [1.29, 1.82) is 0 Å². The summed E-state index contributed by atoms with van der Waals surface area (Å²) in [7, 11) is 3.01. The SMILES string of the molecule is COc1ccc(C2/C(=C(\O)c3ccc(Br)cc3)C(=O)C(=O)N2c2cc(C(C)(C)C)on2)cc1OC. The quantitative estimate of drug-likeness (QED) is 0.263. The number of carbonyl (C=O) groups excluding carboxylic acids is 2. The van der Waals surface area contributed by atoms with E-state index in [0.29, 0.717) is 28.4 Å². The minimum Gasteiger partial charge on any atom is -0.507 e. The molecule has 1 amide bonds. The summed E-state index contributed by atoms with van der Waals surface area (Å²) in [6.45, 7) is 5.85. The van der Waals surface area contributed by atoms with Crippen molar-refractivity contribution in [2.24, 2.45) is 0 Å². The zero-order valence-electron chi connectivity index (χ0n) is 20.0. The maximum Gasteiger partial charge on any atom is 0.301 e. The van der Waals surface area contributed by atoms with Gasteiger partial charge < -0.3 is 19.1 Å². The third-order valence-electron chi connectivity index (χ3n) is 5.77. The van der Waals surface area contributed by atoms with E-state index in [4.69, 9.17) is 14.0 Å². The molecule has 0 aliphatic carbocycles. The highest BCUT2D eigenvalue weighted by molar-refractivity contribution is 9.10. The van der Waals surface area contributed by atoms with Crippen LogP contribution >= 0.6 is 15.9 Å². The molecule has 3 aromatic rings. The maximum absolute atomic E-state index is 13.3. The second-order valence-electron chi connectivity index (χ2n) is 9.09. The molecular weight excluding hydrogens is 516 g/mol. The fraction of sp³-hybridized carbons (Fsp3) is 0.269. The first-order valence-corrected chi connectivity index (χ1v) is 11.6. The molecular formula is C26H25BrN2O6. The number of Topliss-reactive ketones (excluding diaryl/α,β-unsaturated/α-hetero) is 1. The highest BCUT2D eigenvalue weighted by Gasteiger charge is 2.48. The molecule has 9 heteroatoms. The summed E-state index contributed by atoms with van der Waals surface area (Å²) in [5.41, 5.74) is 0.493. The van der Waals surface area contributed by atoms with Crippen LogP contribution in [-0.4, -0.2) is 36.2 Å². The summed E-state index contributed by atoms with van der Waals surface area (Å²) < 4.78 is 17.1. The maximum atomic E-state index is 13.3. The van der Waals surface area contributed by atoms with E-state index >= 15 is 0 Å². The van der Waals surface area contributed by atoms with Gasteiger partial charge in [0, 0.05) is 21.5 Å². The molecule has 1 aliphatic heterocycles. The minimum atomic E-state index is -0.976. The number of ketones is 1. The predicted molar refractivity (Wildman–Crippen MR) is 134 cm³/mol. The average Bonchev–Trinajstić information content (AvgIpc) is 3.42. The summed E-state index contributed by atoms with van der Waals surface area (Å²) in [5.74, 6) is -0.326. The van der Waals surface area contributed by atoms with E-state index in [1.807, 2.05) is 20.8 Å². The molecule has 0 radical (unpaired) electrons. The first-order valence-electron chi connectivity index (χ1n) is 10.8. The Balaban J connectivity index is 1.95. The number of ether oxygens (including phenoxy) is 2. The molecule has 0 spiro atoms. The van der Waals surface area contributed by atoms with Crippen molar-refractivity contribution in [3.8, 4) is 11.5 Å². The summed E-state index contributed by atoms with van der Waals surface area (Å²) in [6.07, 6.45) is 0. The van der Waals surface area contributed by atoms with Crippen LogP contribution in [0.15, 0.2) is 63.1 Å². The van der Waals surface area contributed by atoms with Crippen LogP contribution in [0.3, 0.4) is 0 Å². The van der Waals surface area contributed by atoms with Gasteiger partial charge in [0.2, 0.25) is 0 Å². The molecule has 4 rings (SSSR count). The van der Waals surface area contributed by atoms with Gasteiger partial charge in [-0.05, 0) is 29.8 Å². The molecule has 182 valence electrons. The van der Waals surface area contributed by atoms with Crippen LogP contribution in [0.1, 0.15) is 43.7 Å². The van der Waals surface area contributed by atoms with Gasteiger partial charge in [0.25, 0.3) is 5.78 Å². The number of aliphatic hydroxyl groups is 1. The monoisotopic (exact) mass is 540 g/mol. The van der Waals surface area contributed by atoms with E-state index < -0.39 is 17.7 Å². The number of anilines is 1. The number of hydrogen-bond acceptors (Lipinski definition) is 7. The zero-order valence-corrected chi connectivity index (χ0v) is 21.5. The summed E-state index contributed by atoms with van der Waals surface area (Å²) in [6, 6.07) is 12.5. The van der Waals surface area contributed by atoms with Crippen molar-refractivity contribution in [1.82, 2.24) is 5.16 Å². The van der Waals surface area contributed by atoms with Gasteiger partial charge in [-0.2, -0.15) is 0 Å². The van der Waals surface area contributed by atoms with Crippen molar-refractivity contribution >= 4 is 39.2 Å². The molecule has 1 saturated heterocycles. The predicted octanol–water partition coefficient (Wildman–Crippen LogP) is 5.38. The van der Waals surface area contributed by atoms with E-state index in [9.17, 15) is 14.7 Å². The lowest BCUT2D eigenvalue weighted by Crippen LogP contribution is -2.29. The molecule has 2 aromatic carbocycles. The standard InChI is InChI=1S/C26H25BrN2O6/c1-26(2,3)19-13-20(28-35-19)29-22(15-8-11-17(33-4)18(12-15)34-5)21(24(31)25(29)32)23(30)14-6-9-16(27)10-7-14/h6-13,22,30H,1-5H3/b23-21+. The Morgan fingerprint density at radius 3 is 2.26 bits per heavy atom. The normalized spacial score (nSPS) is 17.7. The lowest BCUT2D eigenvalue weighted by atomic mass is 9.93. The largest absolute Gasteiger partial charge is 0.507 e. The van der Waals surface area contributed by atoms with Crippen LogP contribution in [0.25, 0.3) is 5.76 Å². The van der Waals surface area contributed by atoms with Gasteiger partial charge in [-0.25, -0.2) is 0 Å². The number of rotatable bonds is 5. The molecule has 0 bridgehead atoms. The van der Waals surface area contributed by atoms with Crippen LogP contribution in [-0.2, 0) is 15.0 Å². The van der Waals surface area contributed by atoms with E-state index in [0.717, 1.165) is 4.47 Å². The molecule has 35 heavy (non-hydrogen) atoms. The number of methoxy groups -OCH3 is 2. The van der Waals surface area contributed by atoms with Gasteiger partial charge in [-0.3, -0.25) is 14.5 Å². The number of amides is 1.